The van der Waals surface area contributed by atoms with E-state index in [-0.39, 0.29) is 10.8 Å². The summed E-state index contributed by atoms with van der Waals surface area (Å²) in [5.41, 5.74) is 1.13. The highest BCUT2D eigenvalue weighted by Gasteiger charge is 2.28. The number of anilines is 1. The van der Waals surface area contributed by atoms with E-state index >= 15 is 0 Å². The molecule has 0 radical (unpaired) electrons. The third-order valence-electron chi connectivity index (χ3n) is 5.45. The second-order valence-corrected chi connectivity index (χ2v) is 9.21. The lowest BCUT2D eigenvalue weighted by Gasteiger charge is -2.37. The van der Waals surface area contributed by atoms with Gasteiger partial charge >= 0.3 is 0 Å². The van der Waals surface area contributed by atoms with Crippen LogP contribution in [-0.2, 0) is 14.8 Å². The molecule has 156 valence electrons. The number of rotatable bonds is 5. The van der Waals surface area contributed by atoms with Crippen LogP contribution in [0.1, 0.15) is 6.92 Å². The largest absolute Gasteiger partial charge is 0.368 e. The lowest BCUT2D eigenvalue weighted by Crippen LogP contribution is -2.54. The Balaban J connectivity index is 1.40. The first-order valence-electron chi connectivity index (χ1n) is 10.0. The van der Waals surface area contributed by atoms with Gasteiger partial charge in [-0.1, -0.05) is 48.5 Å². The standard InChI is InChI=1S/C23H25N3O3S/c1-18(23(27)26-15-13-25(14-16-26)21-9-3-2-4-10-21)24-30(28,29)22-12-11-19-7-5-6-8-20(19)17-22/h2-12,17-18,24H,13-16H2,1H3/t18-/m0/s1. The second kappa shape index (κ2) is 8.45. The van der Waals surface area contributed by atoms with Crippen molar-refractivity contribution in [3.63, 3.8) is 0 Å². The lowest BCUT2D eigenvalue weighted by molar-refractivity contribution is -0.132. The van der Waals surface area contributed by atoms with Crippen molar-refractivity contribution in [2.45, 2.75) is 17.9 Å². The van der Waals surface area contributed by atoms with E-state index in [0.29, 0.717) is 13.1 Å². The second-order valence-electron chi connectivity index (χ2n) is 7.50. The number of sulfonamides is 1. The number of carbonyl (C=O) groups excluding carboxylic acids is 1. The Morgan fingerprint density at radius 3 is 2.20 bits per heavy atom. The van der Waals surface area contributed by atoms with Crippen molar-refractivity contribution in [1.82, 2.24) is 9.62 Å². The molecule has 0 aliphatic carbocycles. The van der Waals surface area contributed by atoms with Crippen molar-refractivity contribution in [2.75, 3.05) is 31.1 Å². The number of carbonyl (C=O) groups is 1. The molecule has 1 N–H and O–H groups in total. The molecule has 0 unspecified atom stereocenters. The van der Waals surface area contributed by atoms with Crippen molar-refractivity contribution >= 4 is 32.4 Å². The van der Waals surface area contributed by atoms with Crippen LogP contribution in [0.25, 0.3) is 10.8 Å². The minimum atomic E-state index is -3.80. The van der Waals surface area contributed by atoms with Crippen LogP contribution in [0.2, 0.25) is 0 Å². The molecule has 6 nitrogen and oxygen atoms in total. The Hall–Kier alpha value is -2.90. The number of nitrogens with zero attached hydrogens (tertiary/aromatic N) is 2. The molecule has 0 spiro atoms. The average molecular weight is 424 g/mol. The molecule has 0 bridgehead atoms. The minimum absolute atomic E-state index is 0.162. The quantitative estimate of drug-likeness (QED) is 0.685. The van der Waals surface area contributed by atoms with Crippen molar-refractivity contribution in [3.05, 3.63) is 72.8 Å². The molecule has 3 aromatic carbocycles. The summed E-state index contributed by atoms with van der Waals surface area (Å²) >= 11 is 0. The molecule has 4 rings (SSSR count). The van der Waals surface area contributed by atoms with Crippen LogP contribution in [0.5, 0.6) is 0 Å². The van der Waals surface area contributed by atoms with E-state index in [2.05, 4.69) is 21.8 Å². The van der Waals surface area contributed by atoms with E-state index in [1.807, 2.05) is 42.5 Å². The van der Waals surface area contributed by atoms with Gasteiger partial charge in [-0.25, -0.2) is 8.42 Å². The molecule has 30 heavy (non-hydrogen) atoms. The van der Waals surface area contributed by atoms with Crippen molar-refractivity contribution in [1.29, 1.82) is 0 Å². The first-order chi connectivity index (χ1) is 14.4. The van der Waals surface area contributed by atoms with Crippen LogP contribution >= 0.6 is 0 Å². The summed E-state index contributed by atoms with van der Waals surface area (Å²) in [7, 11) is -3.80. The normalized spacial score (nSPS) is 15.9. The van der Waals surface area contributed by atoms with Gasteiger partial charge in [0.1, 0.15) is 0 Å². The van der Waals surface area contributed by atoms with Gasteiger partial charge in [0.2, 0.25) is 15.9 Å². The van der Waals surface area contributed by atoms with Crippen molar-refractivity contribution in [2.24, 2.45) is 0 Å². The summed E-state index contributed by atoms with van der Waals surface area (Å²) in [6, 6.07) is 21.8. The predicted octanol–water partition coefficient (Wildman–Crippen LogP) is 2.86. The van der Waals surface area contributed by atoms with Gasteiger partial charge in [-0.15, -0.1) is 0 Å². The van der Waals surface area contributed by atoms with Crippen molar-refractivity contribution < 1.29 is 13.2 Å². The molecular weight excluding hydrogens is 398 g/mol. The molecule has 0 aromatic heterocycles. The Bertz CT molecular complexity index is 1140. The van der Waals surface area contributed by atoms with Gasteiger partial charge in [0.25, 0.3) is 0 Å². The summed E-state index contributed by atoms with van der Waals surface area (Å²) in [6.45, 7) is 4.18. The van der Waals surface area contributed by atoms with Crippen LogP contribution in [0, 0.1) is 0 Å². The third kappa shape index (κ3) is 4.32. The van der Waals surface area contributed by atoms with Gasteiger partial charge in [0.05, 0.1) is 10.9 Å². The summed E-state index contributed by atoms with van der Waals surface area (Å²) in [6.07, 6.45) is 0. The van der Waals surface area contributed by atoms with E-state index < -0.39 is 16.1 Å². The first kappa shape index (κ1) is 20.4. The predicted molar refractivity (Wildman–Crippen MR) is 119 cm³/mol. The maximum atomic E-state index is 12.8. The number of hydrogen-bond acceptors (Lipinski definition) is 4. The number of fused-ring (bicyclic) bond motifs is 1. The molecule has 1 aliphatic rings. The molecule has 1 amide bonds. The fourth-order valence-corrected chi connectivity index (χ4v) is 5.02. The number of hydrogen-bond donors (Lipinski definition) is 1. The molecule has 0 saturated carbocycles. The van der Waals surface area contributed by atoms with Gasteiger partial charge in [-0.2, -0.15) is 4.72 Å². The first-order valence-corrected chi connectivity index (χ1v) is 11.5. The summed E-state index contributed by atoms with van der Waals surface area (Å²) in [4.78, 5) is 17.0. The molecule has 1 aliphatic heterocycles. The molecular formula is C23H25N3O3S. The number of amides is 1. The van der Waals surface area contributed by atoms with E-state index in [9.17, 15) is 13.2 Å². The SMILES string of the molecule is C[C@H](NS(=O)(=O)c1ccc2ccccc2c1)C(=O)N1CCN(c2ccccc2)CC1. The van der Waals surface area contributed by atoms with Gasteiger partial charge in [-0.05, 0) is 42.0 Å². The van der Waals surface area contributed by atoms with E-state index in [1.165, 1.54) is 0 Å². The summed E-state index contributed by atoms with van der Waals surface area (Å²) in [5, 5.41) is 1.81. The average Bonchev–Trinajstić information content (AvgIpc) is 2.78. The maximum Gasteiger partial charge on any atom is 0.241 e. The Morgan fingerprint density at radius 1 is 0.867 bits per heavy atom. The Morgan fingerprint density at radius 2 is 1.50 bits per heavy atom. The zero-order chi connectivity index (χ0) is 21.1. The maximum absolute atomic E-state index is 12.8. The third-order valence-corrected chi connectivity index (χ3v) is 6.98. The fraction of sp³-hybridized carbons (Fsp3) is 0.261. The summed E-state index contributed by atoms with van der Waals surface area (Å²) in [5.74, 6) is -0.202. The Kier molecular flexibility index (Phi) is 5.74. The highest BCUT2D eigenvalue weighted by atomic mass is 32.2. The zero-order valence-electron chi connectivity index (χ0n) is 16.9. The molecule has 7 heteroatoms. The molecule has 1 fully saturated rings. The number of piperazine rings is 1. The van der Waals surface area contributed by atoms with Gasteiger partial charge < -0.3 is 9.80 Å². The van der Waals surface area contributed by atoms with E-state index in [0.717, 1.165) is 29.5 Å². The van der Waals surface area contributed by atoms with Gasteiger partial charge in [-0.3, -0.25) is 4.79 Å². The summed E-state index contributed by atoms with van der Waals surface area (Å²) < 4.78 is 28.2. The topological polar surface area (TPSA) is 69.7 Å². The van der Waals surface area contributed by atoms with Crippen LogP contribution in [0.4, 0.5) is 5.69 Å². The smallest absolute Gasteiger partial charge is 0.241 e. The van der Waals surface area contributed by atoms with E-state index in [1.54, 1.807) is 30.0 Å². The van der Waals surface area contributed by atoms with Crippen LogP contribution in [0.3, 0.4) is 0 Å². The molecule has 1 heterocycles. The lowest BCUT2D eigenvalue weighted by atomic mass is 10.1. The highest BCUT2D eigenvalue weighted by Crippen LogP contribution is 2.20. The number of para-hydroxylation sites is 1. The van der Waals surface area contributed by atoms with E-state index in [4.69, 9.17) is 0 Å². The fourth-order valence-electron chi connectivity index (χ4n) is 3.78. The number of nitrogens with one attached hydrogen (secondary N) is 1. The van der Waals surface area contributed by atoms with Gasteiger partial charge in [0, 0.05) is 31.9 Å². The highest BCUT2D eigenvalue weighted by molar-refractivity contribution is 7.89. The number of benzene rings is 3. The van der Waals surface area contributed by atoms with Gasteiger partial charge in [0.15, 0.2) is 0 Å². The minimum Gasteiger partial charge on any atom is -0.368 e. The van der Waals surface area contributed by atoms with Crippen LogP contribution in [-0.4, -0.2) is 51.4 Å². The van der Waals surface area contributed by atoms with Crippen molar-refractivity contribution in [3.8, 4) is 0 Å². The molecule has 1 atom stereocenters. The monoisotopic (exact) mass is 423 g/mol. The molecule has 3 aromatic rings. The van der Waals surface area contributed by atoms with Crippen LogP contribution in [0.15, 0.2) is 77.7 Å². The Labute approximate surface area is 177 Å². The molecule has 1 saturated heterocycles. The van der Waals surface area contributed by atoms with Crippen LogP contribution < -0.4 is 9.62 Å². The zero-order valence-corrected chi connectivity index (χ0v) is 17.7.